The zero-order chi connectivity index (χ0) is 24.7. The van der Waals surface area contributed by atoms with Crippen molar-refractivity contribution in [1.29, 1.82) is 0 Å². The van der Waals surface area contributed by atoms with Crippen molar-refractivity contribution < 1.29 is 39.9 Å². The number of carbonyl (C=O) groups excluding carboxylic acids is 3. The smallest absolute Gasteiger partial charge is 0.255 e. The number of aliphatic hydroxyl groups is 4. The number of Topliss-reactive ketones (excluding diaryl/α,β-unsaturated/α-hetero) is 2. The van der Waals surface area contributed by atoms with Crippen molar-refractivity contribution in [3.8, 4) is 5.75 Å². The summed E-state index contributed by atoms with van der Waals surface area (Å²) in [6.45, 7) is 1.69. The van der Waals surface area contributed by atoms with Crippen LogP contribution >= 0.6 is 22.6 Å². The number of likely N-dealkylation sites (N-methyl/N-ethyl adjacent to an activating group) is 1. The molecule has 1 amide bonds. The molecule has 0 saturated carbocycles. The summed E-state index contributed by atoms with van der Waals surface area (Å²) in [5.74, 6) is -8.83. The summed E-state index contributed by atoms with van der Waals surface area (Å²) in [5, 5.41) is 55.5. The molecule has 6 atom stereocenters. The van der Waals surface area contributed by atoms with Crippen LogP contribution in [0.3, 0.4) is 0 Å². The van der Waals surface area contributed by atoms with Crippen molar-refractivity contribution in [3.05, 3.63) is 49.5 Å². The quantitative estimate of drug-likeness (QED) is 0.215. The van der Waals surface area contributed by atoms with Gasteiger partial charge in [-0.05, 0) is 60.3 Å². The summed E-state index contributed by atoms with van der Waals surface area (Å²) < 4.78 is 0.649. The van der Waals surface area contributed by atoms with E-state index in [-0.39, 0.29) is 11.3 Å². The second kappa shape index (κ2) is 7.52. The number of nitrogens with zero attached hydrogens (tertiary/aromatic N) is 1. The molecule has 10 nitrogen and oxygen atoms in total. The number of rotatable bonds is 2. The fourth-order valence-electron chi connectivity index (χ4n) is 5.64. The summed E-state index contributed by atoms with van der Waals surface area (Å²) in [4.78, 5) is 39.9. The second-order valence-electron chi connectivity index (χ2n) is 8.90. The van der Waals surface area contributed by atoms with Crippen LogP contribution in [0.2, 0.25) is 0 Å². The summed E-state index contributed by atoms with van der Waals surface area (Å²) in [6.07, 6.45) is -1.60. The van der Waals surface area contributed by atoms with Gasteiger partial charge in [0.1, 0.15) is 22.8 Å². The van der Waals surface area contributed by atoms with Crippen molar-refractivity contribution in [2.75, 3.05) is 14.1 Å². The Kier molecular flexibility index (Phi) is 5.39. The van der Waals surface area contributed by atoms with Gasteiger partial charge >= 0.3 is 0 Å². The van der Waals surface area contributed by atoms with Crippen LogP contribution in [-0.2, 0) is 9.59 Å². The van der Waals surface area contributed by atoms with Gasteiger partial charge in [0.2, 0.25) is 0 Å². The Labute approximate surface area is 202 Å². The van der Waals surface area contributed by atoms with Gasteiger partial charge in [0.15, 0.2) is 17.2 Å². The van der Waals surface area contributed by atoms with Gasteiger partial charge in [-0.25, -0.2) is 0 Å². The number of aliphatic hydroxyl groups excluding tert-OH is 3. The molecule has 7 N–H and O–H groups in total. The average molecular weight is 570 g/mol. The number of aromatic hydroxyl groups is 1. The maximum absolute atomic E-state index is 13.5. The Hall–Kier alpha value is -2.48. The van der Waals surface area contributed by atoms with E-state index in [4.69, 9.17) is 5.73 Å². The summed E-state index contributed by atoms with van der Waals surface area (Å²) in [5.41, 5.74) is 1.51. The average Bonchev–Trinajstić information content (AvgIpc) is 2.72. The van der Waals surface area contributed by atoms with Gasteiger partial charge in [0.05, 0.1) is 23.6 Å². The van der Waals surface area contributed by atoms with E-state index in [0.29, 0.717) is 9.13 Å². The highest BCUT2D eigenvalue weighted by atomic mass is 127. The number of halogens is 1. The zero-order valence-electron chi connectivity index (χ0n) is 17.9. The van der Waals surface area contributed by atoms with Crippen LogP contribution in [0, 0.1) is 15.4 Å². The van der Waals surface area contributed by atoms with E-state index in [9.17, 15) is 39.9 Å². The van der Waals surface area contributed by atoms with Gasteiger partial charge < -0.3 is 31.3 Å². The summed E-state index contributed by atoms with van der Waals surface area (Å²) in [6, 6.07) is 1.59. The molecule has 11 heteroatoms. The topological polar surface area (TPSA) is 182 Å². The highest BCUT2D eigenvalue weighted by molar-refractivity contribution is 14.1. The van der Waals surface area contributed by atoms with Crippen molar-refractivity contribution in [1.82, 2.24) is 4.90 Å². The van der Waals surface area contributed by atoms with E-state index in [0.717, 1.165) is 0 Å². The normalized spacial score (nSPS) is 33.7. The van der Waals surface area contributed by atoms with Gasteiger partial charge in [-0.2, -0.15) is 0 Å². The third-order valence-corrected chi connectivity index (χ3v) is 8.00. The molecule has 0 unspecified atom stereocenters. The maximum Gasteiger partial charge on any atom is 0.255 e. The lowest BCUT2D eigenvalue weighted by Crippen LogP contribution is -2.67. The van der Waals surface area contributed by atoms with Crippen LogP contribution in [0.4, 0.5) is 0 Å². The van der Waals surface area contributed by atoms with Crippen molar-refractivity contribution in [2.24, 2.45) is 17.6 Å². The Bertz CT molecular complexity index is 1190. The molecule has 0 saturated heterocycles. The van der Waals surface area contributed by atoms with Crippen molar-refractivity contribution in [2.45, 2.75) is 30.6 Å². The van der Waals surface area contributed by atoms with Crippen LogP contribution in [0.1, 0.15) is 28.8 Å². The third-order valence-electron chi connectivity index (χ3n) is 7.06. The predicted octanol–water partition coefficient (Wildman–Crippen LogP) is 0.257. The van der Waals surface area contributed by atoms with E-state index in [2.05, 4.69) is 0 Å². The molecule has 0 fully saturated rings. The summed E-state index contributed by atoms with van der Waals surface area (Å²) in [7, 11) is 2.94. The van der Waals surface area contributed by atoms with E-state index in [1.54, 1.807) is 13.0 Å². The van der Waals surface area contributed by atoms with E-state index in [1.807, 2.05) is 22.6 Å². The number of nitrogens with two attached hydrogens (primary N) is 1. The van der Waals surface area contributed by atoms with Crippen molar-refractivity contribution in [3.63, 3.8) is 0 Å². The Morgan fingerprint density at radius 2 is 1.76 bits per heavy atom. The van der Waals surface area contributed by atoms with Crippen LogP contribution in [0.5, 0.6) is 5.75 Å². The fraction of sp³-hybridized carbons (Fsp3) is 0.409. The molecular weight excluding hydrogens is 547 g/mol. The van der Waals surface area contributed by atoms with Crippen LogP contribution in [-0.4, -0.2) is 79.7 Å². The first kappa shape index (κ1) is 23.7. The molecule has 33 heavy (non-hydrogen) atoms. The molecule has 4 rings (SSSR count). The minimum absolute atomic E-state index is 0.0870. The number of carbonyl (C=O) groups is 3. The Morgan fingerprint density at radius 1 is 1.15 bits per heavy atom. The first-order valence-electron chi connectivity index (χ1n) is 10.1. The number of phenolic OH excluding ortho intramolecular Hbond substituents is 1. The number of phenols is 1. The van der Waals surface area contributed by atoms with Crippen LogP contribution < -0.4 is 5.73 Å². The monoisotopic (exact) mass is 570 g/mol. The third kappa shape index (κ3) is 2.85. The first-order chi connectivity index (χ1) is 15.3. The summed E-state index contributed by atoms with van der Waals surface area (Å²) >= 11 is 2.00. The molecule has 176 valence electrons. The van der Waals surface area contributed by atoms with Gasteiger partial charge in [0.25, 0.3) is 5.91 Å². The number of ketones is 2. The lowest BCUT2D eigenvalue weighted by Gasteiger charge is -2.53. The number of amides is 1. The number of hydrogen-bond donors (Lipinski definition) is 6. The molecule has 1 aromatic carbocycles. The minimum Gasteiger partial charge on any atom is -0.508 e. The number of hydrogen-bond acceptors (Lipinski definition) is 9. The van der Waals surface area contributed by atoms with Crippen LogP contribution in [0.25, 0.3) is 0 Å². The largest absolute Gasteiger partial charge is 0.508 e. The first-order valence-corrected chi connectivity index (χ1v) is 11.2. The molecule has 0 spiro atoms. The molecule has 0 radical (unpaired) electrons. The lowest BCUT2D eigenvalue weighted by atomic mass is 9.55. The van der Waals surface area contributed by atoms with E-state index >= 15 is 0 Å². The standard InChI is InChI=1S/C22H23IN2O8/c1-6-9-7(23)4-5-8(26)11(9)16(27)12-10(6)17(28)14-15(25(2)3)18(29)13(21(24)32)20(31)22(14,33)19(12)30/h4-6,10,14-15,17,26,28,30-31,33H,1-3H3,(H2,24,32)/t6-,10+,14+,15-,17-,22-/m1/s1. The SMILES string of the molecule is C[C@@H]1c2c(I)ccc(O)c2C(=O)C2=C(O)[C@@]3(O)C(O)=C(C(N)=O)C(=O)[C@H](N(C)C)[C@H]3[C@H](O)[C@H]21. The molecule has 0 bridgehead atoms. The highest BCUT2D eigenvalue weighted by Gasteiger charge is 2.66. The highest BCUT2D eigenvalue weighted by Crippen LogP contribution is 2.56. The molecular formula is C22H23IN2O8. The minimum atomic E-state index is -2.83. The predicted molar refractivity (Wildman–Crippen MR) is 122 cm³/mol. The Morgan fingerprint density at radius 3 is 2.30 bits per heavy atom. The zero-order valence-corrected chi connectivity index (χ0v) is 20.1. The molecule has 3 aliphatic rings. The molecule has 0 heterocycles. The molecule has 1 aromatic rings. The maximum atomic E-state index is 13.5. The second-order valence-corrected chi connectivity index (χ2v) is 10.1. The number of primary amides is 1. The molecule has 3 aliphatic carbocycles. The molecule has 0 aliphatic heterocycles. The van der Waals surface area contributed by atoms with Gasteiger partial charge in [-0.3, -0.25) is 19.3 Å². The molecule has 0 aromatic heterocycles. The lowest BCUT2D eigenvalue weighted by molar-refractivity contribution is -0.151. The number of fused-ring (bicyclic) bond motifs is 3. The van der Waals surface area contributed by atoms with Gasteiger partial charge in [0, 0.05) is 15.1 Å². The van der Waals surface area contributed by atoms with E-state index in [1.165, 1.54) is 25.1 Å². The van der Waals surface area contributed by atoms with E-state index < -0.39 is 75.6 Å². The van der Waals surface area contributed by atoms with Gasteiger partial charge in [-0.1, -0.05) is 6.92 Å². The van der Waals surface area contributed by atoms with Crippen molar-refractivity contribution >= 4 is 40.1 Å². The van der Waals surface area contributed by atoms with Gasteiger partial charge in [-0.15, -0.1) is 0 Å². The Balaban J connectivity index is 2.10. The number of benzene rings is 1. The van der Waals surface area contributed by atoms with Crippen LogP contribution in [0.15, 0.2) is 34.8 Å². The fourth-order valence-corrected chi connectivity index (χ4v) is 6.59.